The van der Waals surface area contributed by atoms with Crippen LogP contribution in [0, 0.1) is 5.92 Å². The van der Waals surface area contributed by atoms with E-state index in [4.69, 9.17) is 23.7 Å². The van der Waals surface area contributed by atoms with Gasteiger partial charge >= 0.3 is 6.09 Å². The topological polar surface area (TPSA) is 175 Å². The second kappa shape index (κ2) is 26.3. The number of likely N-dealkylation sites (N-methyl/N-ethyl adjacent to an activating group) is 1. The van der Waals surface area contributed by atoms with Gasteiger partial charge in [-0.15, -0.1) is 11.3 Å². The van der Waals surface area contributed by atoms with Crippen LogP contribution in [0.15, 0.2) is 54.7 Å². The minimum absolute atomic E-state index is 0.0238. The van der Waals surface area contributed by atoms with Crippen molar-refractivity contribution in [3.8, 4) is 11.5 Å². The molecule has 2 heterocycles. The molecule has 4 amide bonds. The van der Waals surface area contributed by atoms with Gasteiger partial charge in [-0.3, -0.25) is 24.1 Å². The second-order valence-electron chi connectivity index (χ2n) is 18.2. The molecule has 0 bridgehead atoms. The number of ether oxygens (including phenoxy) is 5. The van der Waals surface area contributed by atoms with Crippen molar-refractivity contribution in [1.29, 1.82) is 0 Å². The molecule has 1 aliphatic heterocycles. The molecule has 362 valence electrons. The highest BCUT2D eigenvalue weighted by Crippen LogP contribution is 2.37. The summed E-state index contributed by atoms with van der Waals surface area (Å²) in [6.07, 6.45) is 11.5. The van der Waals surface area contributed by atoms with Crippen LogP contribution in [0.25, 0.3) is 0 Å². The highest BCUT2D eigenvalue weighted by atomic mass is 32.1. The van der Waals surface area contributed by atoms with E-state index in [0.717, 1.165) is 75.5 Å². The summed E-state index contributed by atoms with van der Waals surface area (Å²) in [5.74, 6) is 0.597. The minimum atomic E-state index is -0.852. The molecule has 3 unspecified atom stereocenters. The fourth-order valence-corrected chi connectivity index (χ4v) is 9.13. The quantitative estimate of drug-likeness (QED) is 0.0451. The van der Waals surface area contributed by atoms with Gasteiger partial charge in [0.1, 0.15) is 40.8 Å². The van der Waals surface area contributed by atoms with E-state index < -0.39 is 29.7 Å². The lowest BCUT2D eigenvalue weighted by atomic mass is 9.83. The van der Waals surface area contributed by atoms with Crippen LogP contribution in [-0.2, 0) is 28.6 Å². The van der Waals surface area contributed by atoms with E-state index in [-0.39, 0.29) is 29.7 Å². The van der Waals surface area contributed by atoms with E-state index in [2.05, 4.69) is 15.6 Å². The van der Waals surface area contributed by atoms with Gasteiger partial charge in [0.2, 0.25) is 24.0 Å². The molecule has 2 N–H and O–H groups in total. The van der Waals surface area contributed by atoms with E-state index in [1.807, 2.05) is 42.2 Å². The maximum absolute atomic E-state index is 14.5. The van der Waals surface area contributed by atoms with Gasteiger partial charge in [-0.25, -0.2) is 9.78 Å². The molecule has 16 heteroatoms. The molecule has 2 aliphatic rings. The van der Waals surface area contributed by atoms with Crippen LogP contribution >= 0.6 is 11.3 Å². The Labute approximate surface area is 394 Å². The molecule has 0 spiro atoms. The third kappa shape index (κ3) is 16.1. The van der Waals surface area contributed by atoms with Crippen molar-refractivity contribution in [1.82, 2.24) is 25.4 Å². The summed E-state index contributed by atoms with van der Waals surface area (Å²) in [4.78, 5) is 73.5. The van der Waals surface area contributed by atoms with Gasteiger partial charge in [-0.2, -0.15) is 0 Å². The van der Waals surface area contributed by atoms with Crippen molar-refractivity contribution >= 4 is 41.4 Å². The van der Waals surface area contributed by atoms with Crippen molar-refractivity contribution in [2.75, 3.05) is 53.2 Å². The van der Waals surface area contributed by atoms with Crippen molar-refractivity contribution in [2.24, 2.45) is 5.92 Å². The van der Waals surface area contributed by atoms with E-state index in [9.17, 15) is 24.0 Å². The Morgan fingerprint density at radius 3 is 2.27 bits per heavy atom. The number of unbranched alkanes of at least 4 members (excludes halogenated alkanes) is 2. The molecule has 5 rings (SSSR count). The average Bonchev–Trinajstić information content (AvgIpc) is 4.01. The number of benzene rings is 2. The summed E-state index contributed by atoms with van der Waals surface area (Å²) in [5.41, 5.74) is 0.762. The molecule has 66 heavy (non-hydrogen) atoms. The van der Waals surface area contributed by atoms with Gasteiger partial charge < -0.3 is 39.2 Å². The van der Waals surface area contributed by atoms with Crippen LogP contribution in [-0.4, -0.2) is 116 Å². The predicted octanol–water partition coefficient (Wildman–Crippen LogP) is 8.22. The van der Waals surface area contributed by atoms with Crippen molar-refractivity contribution in [3.05, 3.63) is 75.7 Å². The van der Waals surface area contributed by atoms with Crippen LogP contribution in [0.2, 0.25) is 0 Å². The molecule has 1 aromatic heterocycles. The SMILES string of the molecule is CC(NC=O)c1cccc(OCCCCCOCCCOCCOc2cccc(C(=O)c3cnc(C4CCCN4C(=O)[C@@H](NC(=O)C(C)N(C)C(=O)OC(C)(C)C)C4CCCCC4)s3)c2)c1. The number of hydrogen-bond donors (Lipinski definition) is 2. The number of aromatic nitrogens is 1. The molecule has 1 aliphatic carbocycles. The molecule has 1 saturated carbocycles. The number of rotatable bonds is 26. The monoisotopic (exact) mass is 933 g/mol. The van der Waals surface area contributed by atoms with E-state index in [0.29, 0.717) is 80.2 Å². The summed E-state index contributed by atoms with van der Waals surface area (Å²) in [5, 5.41) is 6.49. The molecule has 4 atom stereocenters. The standard InChI is InChI=1S/C50H71N5O10S/c1-35(52-34-56)38-19-13-21-40(31-38)63-28-12-8-11-25-61-26-16-27-62-29-30-64-41-22-14-20-39(32-41)45(57)43-33-51-47(66-43)42-23-15-24-55(42)48(59)44(37-17-9-7-10-18-37)53-46(58)36(2)54(6)49(60)65-50(3,4)5/h13-14,19-22,31-37,42,44H,7-12,15-18,23-30H2,1-6H3,(H,52,56)(H,53,58)/t35?,36?,42?,44-/m0/s1. The molecule has 0 radical (unpaired) electrons. The lowest BCUT2D eigenvalue weighted by Gasteiger charge is -2.36. The molecule has 3 aromatic rings. The fraction of sp³-hybridized carbons (Fsp3) is 0.600. The Kier molecular flexibility index (Phi) is 20.7. The molecule has 1 saturated heterocycles. The Hall–Kier alpha value is -5.06. The highest BCUT2D eigenvalue weighted by molar-refractivity contribution is 7.13. The summed E-state index contributed by atoms with van der Waals surface area (Å²) < 4.78 is 28.8. The largest absolute Gasteiger partial charge is 0.494 e. The number of ketones is 1. The molecular weight excluding hydrogens is 863 g/mol. The zero-order chi connectivity index (χ0) is 47.5. The Bertz CT molecular complexity index is 2020. The molecular formula is C50H71N5O10S. The first-order valence-electron chi connectivity index (χ1n) is 23.6. The number of hydrogen-bond acceptors (Lipinski definition) is 12. The first-order chi connectivity index (χ1) is 31.8. The lowest BCUT2D eigenvalue weighted by Crippen LogP contribution is -2.56. The maximum atomic E-state index is 14.5. The van der Waals surface area contributed by atoms with Gasteiger partial charge in [0, 0.05) is 45.2 Å². The van der Waals surface area contributed by atoms with E-state index in [1.54, 1.807) is 52.1 Å². The first-order valence-corrected chi connectivity index (χ1v) is 24.4. The third-order valence-electron chi connectivity index (χ3n) is 11.9. The second-order valence-corrected chi connectivity index (χ2v) is 19.2. The van der Waals surface area contributed by atoms with Gasteiger partial charge in [-0.05, 0) is 122 Å². The maximum Gasteiger partial charge on any atom is 0.410 e. The summed E-state index contributed by atoms with van der Waals surface area (Å²) in [6.45, 7) is 12.6. The van der Waals surface area contributed by atoms with Crippen LogP contribution in [0.1, 0.15) is 143 Å². The van der Waals surface area contributed by atoms with Gasteiger partial charge in [0.15, 0.2) is 0 Å². The Morgan fingerprint density at radius 1 is 0.848 bits per heavy atom. The average molecular weight is 934 g/mol. The fourth-order valence-electron chi connectivity index (χ4n) is 8.10. The van der Waals surface area contributed by atoms with Crippen LogP contribution in [0.3, 0.4) is 0 Å². The van der Waals surface area contributed by atoms with Crippen molar-refractivity contribution in [3.63, 3.8) is 0 Å². The molecule has 2 fully saturated rings. The van der Waals surface area contributed by atoms with Crippen molar-refractivity contribution < 1.29 is 47.7 Å². The summed E-state index contributed by atoms with van der Waals surface area (Å²) >= 11 is 1.29. The number of nitrogens with one attached hydrogen (secondary N) is 2. The smallest absolute Gasteiger partial charge is 0.410 e. The van der Waals surface area contributed by atoms with E-state index in [1.165, 1.54) is 23.3 Å². The summed E-state index contributed by atoms with van der Waals surface area (Å²) in [6, 6.07) is 12.9. The minimum Gasteiger partial charge on any atom is -0.494 e. The first kappa shape index (κ1) is 51.9. The van der Waals surface area contributed by atoms with Gasteiger partial charge in [-0.1, -0.05) is 43.5 Å². The Morgan fingerprint density at radius 2 is 1.53 bits per heavy atom. The number of likely N-dealkylation sites (tertiary alicyclic amines) is 1. The zero-order valence-corrected chi connectivity index (χ0v) is 40.5. The molecule has 2 aromatic carbocycles. The van der Waals surface area contributed by atoms with Crippen LogP contribution in [0.5, 0.6) is 11.5 Å². The van der Waals surface area contributed by atoms with Crippen LogP contribution in [0.4, 0.5) is 4.79 Å². The highest BCUT2D eigenvalue weighted by Gasteiger charge is 2.41. The van der Waals surface area contributed by atoms with Gasteiger partial charge in [0.05, 0.1) is 30.2 Å². The Balaban J connectivity index is 1.01. The third-order valence-corrected chi connectivity index (χ3v) is 13.0. The number of thiazole rings is 1. The van der Waals surface area contributed by atoms with Crippen molar-refractivity contribution in [2.45, 2.75) is 135 Å². The predicted molar refractivity (Wildman–Crippen MR) is 253 cm³/mol. The number of carbonyl (C=O) groups is 5. The van der Waals surface area contributed by atoms with E-state index >= 15 is 0 Å². The summed E-state index contributed by atoms with van der Waals surface area (Å²) in [7, 11) is 1.53. The number of carbonyl (C=O) groups excluding carboxylic acids is 5. The van der Waals surface area contributed by atoms with Crippen LogP contribution < -0.4 is 20.1 Å². The normalized spacial score (nSPS) is 16.8. The zero-order valence-electron chi connectivity index (χ0n) is 39.7. The number of nitrogens with zero attached hydrogens (tertiary/aromatic N) is 3. The lowest BCUT2D eigenvalue weighted by molar-refractivity contribution is -0.140. The molecule has 15 nitrogen and oxygen atoms in total. The number of amides is 4. The van der Waals surface area contributed by atoms with Gasteiger partial charge in [0.25, 0.3) is 0 Å².